The molecular formula is C26H31NO4. The summed E-state index contributed by atoms with van der Waals surface area (Å²) in [7, 11) is 0. The van der Waals surface area contributed by atoms with Gasteiger partial charge in [0.2, 0.25) is 0 Å². The van der Waals surface area contributed by atoms with Gasteiger partial charge in [-0.2, -0.15) is 0 Å². The summed E-state index contributed by atoms with van der Waals surface area (Å²) in [5.74, 6) is 1.57. The van der Waals surface area contributed by atoms with E-state index in [1.807, 2.05) is 12.1 Å². The standard InChI is InChI=1S/C26H31NO4/c28-19-14-22-21(25(30)15-19)16-23(27-11-3-4-12-27)26(22)31-20-9-7-17(8-10-20)13-18-5-1-2-6-24(18)29/h7-10,14-15,18,23,26,28,30H,1-6,11-13,16H2. The lowest BCUT2D eigenvalue weighted by Crippen LogP contribution is -2.38. The van der Waals surface area contributed by atoms with Crippen LogP contribution in [-0.4, -0.2) is 40.0 Å². The number of aromatic hydroxyl groups is 2. The van der Waals surface area contributed by atoms with Gasteiger partial charge in [0.25, 0.3) is 0 Å². The molecule has 164 valence electrons. The summed E-state index contributed by atoms with van der Waals surface area (Å²) in [5.41, 5.74) is 2.93. The Morgan fingerprint density at radius 3 is 2.52 bits per heavy atom. The van der Waals surface area contributed by atoms with E-state index < -0.39 is 0 Å². The minimum atomic E-state index is -0.225. The minimum absolute atomic E-state index is 0.0689. The highest BCUT2D eigenvalue weighted by Gasteiger charge is 2.40. The summed E-state index contributed by atoms with van der Waals surface area (Å²) in [6, 6.07) is 11.4. The van der Waals surface area contributed by atoms with Gasteiger partial charge in [-0.1, -0.05) is 18.6 Å². The molecule has 0 amide bonds. The number of phenolic OH excluding ortho intramolecular Hbond substituents is 2. The third-order valence-corrected chi connectivity index (χ3v) is 7.27. The average Bonchev–Trinajstić information content (AvgIpc) is 3.40. The molecule has 3 aliphatic rings. The number of ether oxygens (including phenoxy) is 1. The van der Waals surface area contributed by atoms with Crippen LogP contribution < -0.4 is 4.74 Å². The van der Waals surface area contributed by atoms with Gasteiger partial charge in [-0.25, -0.2) is 0 Å². The van der Waals surface area contributed by atoms with E-state index in [9.17, 15) is 15.0 Å². The third kappa shape index (κ3) is 4.16. The Kier molecular flexibility index (Phi) is 5.61. The first-order valence-corrected chi connectivity index (χ1v) is 11.7. The molecule has 2 aromatic carbocycles. The molecule has 0 aromatic heterocycles. The van der Waals surface area contributed by atoms with E-state index in [1.54, 1.807) is 6.07 Å². The van der Waals surface area contributed by atoms with E-state index in [-0.39, 0.29) is 29.6 Å². The van der Waals surface area contributed by atoms with Crippen molar-refractivity contribution in [3.8, 4) is 17.2 Å². The first-order chi connectivity index (χ1) is 15.1. The molecule has 2 aromatic rings. The Morgan fingerprint density at radius 1 is 1.00 bits per heavy atom. The van der Waals surface area contributed by atoms with Crippen LogP contribution in [0.3, 0.4) is 0 Å². The Labute approximate surface area is 183 Å². The fraction of sp³-hybridized carbons (Fsp3) is 0.500. The molecule has 5 nitrogen and oxygen atoms in total. The molecule has 5 heteroatoms. The minimum Gasteiger partial charge on any atom is -0.508 e. The second-order valence-corrected chi connectivity index (χ2v) is 9.34. The van der Waals surface area contributed by atoms with E-state index in [4.69, 9.17) is 4.74 Å². The van der Waals surface area contributed by atoms with Gasteiger partial charge in [-0.15, -0.1) is 0 Å². The molecule has 0 spiro atoms. The van der Waals surface area contributed by atoms with E-state index in [1.165, 1.54) is 24.5 Å². The number of fused-ring (bicyclic) bond motifs is 1. The molecule has 0 bridgehead atoms. The number of likely N-dealkylation sites (tertiary alicyclic amines) is 1. The largest absolute Gasteiger partial charge is 0.508 e. The summed E-state index contributed by atoms with van der Waals surface area (Å²) in [5, 5.41) is 20.5. The molecule has 31 heavy (non-hydrogen) atoms. The number of hydrogen-bond donors (Lipinski definition) is 2. The molecule has 1 aliphatic heterocycles. The quantitative estimate of drug-likeness (QED) is 0.742. The highest BCUT2D eigenvalue weighted by atomic mass is 16.5. The molecule has 1 saturated heterocycles. The van der Waals surface area contributed by atoms with Gasteiger partial charge < -0.3 is 14.9 Å². The molecule has 2 N–H and O–H groups in total. The van der Waals surface area contributed by atoms with Gasteiger partial charge in [0.15, 0.2) is 0 Å². The fourth-order valence-electron chi connectivity index (χ4n) is 5.60. The lowest BCUT2D eigenvalue weighted by Gasteiger charge is -2.30. The van der Waals surface area contributed by atoms with E-state index >= 15 is 0 Å². The summed E-state index contributed by atoms with van der Waals surface area (Å²) >= 11 is 0. The van der Waals surface area contributed by atoms with Crippen molar-refractivity contribution in [2.75, 3.05) is 13.1 Å². The maximum Gasteiger partial charge on any atom is 0.140 e. The van der Waals surface area contributed by atoms with Crippen LogP contribution in [0, 0.1) is 5.92 Å². The van der Waals surface area contributed by atoms with Gasteiger partial charge in [0, 0.05) is 29.5 Å². The van der Waals surface area contributed by atoms with Crippen LogP contribution in [0.4, 0.5) is 0 Å². The van der Waals surface area contributed by atoms with Crippen molar-refractivity contribution < 1.29 is 19.7 Å². The first-order valence-electron chi connectivity index (χ1n) is 11.7. The van der Waals surface area contributed by atoms with Crippen LogP contribution in [-0.2, 0) is 17.6 Å². The van der Waals surface area contributed by atoms with E-state index in [2.05, 4.69) is 17.0 Å². The van der Waals surface area contributed by atoms with Crippen LogP contribution in [0.5, 0.6) is 17.2 Å². The summed E-state index contributed by atoms with van der Waals surface area (Å²) in [6.07, 6.45) is 7.60. The molecule has 3 unspecified atom stereocenters. The number of Topliss-reactive ketones (excluding diaryl/α,β-unsaturated/α-hetero) is 1. The number of nitrogens with zero attached hydrogens (tertiary/aromatic N) is 1. The molecule has 5 rings (SSSR count). The lowest BCUT2D eigenvalue weighted by atomic mass is 9.84. The van der Waals surface area contributed by atoms with Crippen LogP contribution in [0.15, 0.2) is 36.4 Å². The average molecular weight is 422 g/mol. The Balaban J connectivity index is 1.35. The van der Waals surface area contributed by atoms with Crippen LogP contribution in [0.1, 0.15) is 61.3 Å². The van der Waals surface area contributed by atoms with Crippen LogP contribution in [0.25, 0.3) is 0 Å². The fourth-order valence-corrected chi connectivity index (χ4v) is 5.60. The number of ketones is 1. The molecule has 1 heterocycles. The summed E-state index contributed by atoms with van der Waals surface area (Å²) < 4.78 is 6.47. The zero-order chi connectivity index (χ0) is 21.4. The molecular weight excluding hydrogens is 390 g/mol. The van der Waals surface area contributed by atoms with Gasteiger partial charge in [0.1, 0.15) is 29.1 Å². The van der Waals surface area contributed by atoms with Gasteiger partial charge in [0.05, 0.1) is 6.04 Å². The van der Waals surface area contributed by atoms with Crippen molar-refractivity contribution in [2.24, 2.45) is 5.92 Å². The van der Waals surface area contributed by atoms with Crippen LogP contribution >= 0.6 is 0 Å². The monoisotopic (exact) mass is 421 g/mol. The number of benzene rings is 2. The highest BCUT2D eigenvalue weighted by molar-refractivity contribution is 5.81. The summed E-state index contributed by atoms with van der Waals surface area (Å²) in [6.45, 7) is 2.08. The second-order valence-electron chi connectivity index (χ2n) is 9.34. The van der Waals surface area contributed by atoms with Crippen molar-refractivity contribution in [3.63, 3.8) is 0 Å². The number of rotatable bonds is 5. The Morgan fingerprint density at radius 2 is 1.77 bits per heavy atom. The summed E-state index contributed by atoms with van der Waals surface area (Å²) in [4.78, 5) is 14.6. The zero-order valence-electron chi connectivity index (χ0n) is 17.9. The number of hydrogen-bond acceptors (Lipinski definition) is 5. The smallest absolute Gasteiger partial charge is 0.140 e. The Bertz CT molecular complexity index is 949. The van der Waals surface area contributed by atoms with Crippen molar-refractivity contribution in [1.82, 2.24) is 4.90 Å². The molecule has 0 radical (unpaired) electrons. The van der Waals surface area contributed by atoms with Crippen molar-refractivity contribution >= 4 is 5.78 Å². The molecule has 3 atom stereocenters. The maximum absolute atomic E-state index is 12.2. The number of phenols is 2. The van der Waals surface area contributed by atoms with E-state index in [0.717, 1.165) is 68.5 Å². The second kappa shape index (κ2) is 8.54. The predicted molar refractivity (Wildman–Crippen MR) is 119 cm³/mol. The SMILES string of the molecule is O=C1CCCCC1Cc1ccc(OC2c3cc(O)cc(O)c3CC2N2CCCC2)cc1. The first kappa shape index (κ1) is 20.4. The van der Waals surface area contributed by atoms with E-state index in [0.29, 0.717) is 5.78 Å². The van der Waals surface area contributed by atoms with Crippen molar-refractivity contribution in [1.29, 1.82) is 0 Å². The predicted octanol–water partition coefficient (Wildman–Crippen LogP) is 4.54. The number of carbonyl (C=O) groups is 1. The Hall–Kier alpha value is -2.53. The van der Waals surface area contributed by atoms with Gasteiger partial charge in [-0.3, -0.25) is 9.69 Å². The molecule has 2 aliphatic carbocycles. The van der Waals surface area contributed by atoms with Crippen molar-refractivity contribution in [3.05, 3.63) is 53.1 Å². The van der Waals surface area contributed by atoms with Crippen LogP contribution in [0.2, 0.25) is 0 Å². The normalized spacial score (nSPS) is 26.2. The topological polar surface area (TPSA) is 70.0 Å². The molecule has 1 saturated carbocycles. The highest BCUT2D eigenvalue weighted by Crippen LogP contribution is 2.44. The molecule has 2 fully saturated rings. The number of carbonyl (C=O) groups excluding carboxylic acids is 1. The van der Waals surface area contributed by atoms with Crippen molar-refractivity contribution in [2.45, 2.75) is 63.5 Å². The van der Waals surface area contributed by atoms with Gasteiger partial charge >= 0.3 is 0 Å². The maximum atomic E-state index is 12.2. The zero-order valence-corrected chi connectivity index (χ0v) is 17.9. The van der Waals surface area contributed by atoms with Gasteiger partial charge in [-0.05, 0) is 75.4 Å². The third-order valence-electron chi connectivity index (χ3n) is 7.27. The lowest BCUT2D eigenvalue weighted by molar-refractivity contribution is -0.124.